The van der Waals surface area contributed by atoms with Gasteiger partial charge in [-0.05, 0) is 49.2 Å². The molecule has 0 unspecified atom stereocenters. The summed E-state index contributed by atoms with van der Waals surface area (Å²) in [7, 11) is 0. The van der Waals surface area contributed by atoms with E-state index in [1.807, 2.05) is 6.92 Å². The van der Waals surface area contributed by atoms with Crippen LogP contribution in [0, 0.1) is 12.7 Å². The molecule has 1 heterocycles. The van der Waals surface area contributed by atoms with Crippen molar-refractivity contribution in [1.29, 1.82) is 0 Å². The lowest BCUT2D eigenvalue weighted by atomic mass is 10.1. The third-order valence-electron chi connectivity index (χ3n) is 4.99. The predicted molar refractivity (Wildman–Crippen MR) is 103 cm³/mol. The van der Waals surface area contributed by atoms with Crippen LogP contribution in [0.1, 0.15) is 18.1 Å². The second kappa shape index (κ2) is 8.32. The van der Waals surface area contributed by atoms with E-state index in [1.165, 1.54) is 23.4 Å². The first kappa shape index (κ1) is 18.4. The van der Waals surface area contributed by atoms with Crippen LogP contribution in [0.2, 0.25) is 0 Å². The van der Waals surface area contributed by atoms with Gasteiger partial charge in [0.2, 0.25) is 5.91 Å². The molecule has 0 aliphatic carbocycles. The summed E-state index contributed by atoms with van der Waals surface area (Å²) in [4.78, 5) is 17.0. The Hall–Kier alpha value is -2.40. The van der Waals surface area contributed by atoms with Crippen molar-refractivity contribution in [2.75, 3.05) is 31.1 Å². The van der Waals surface area contributed by atoms with E-state index in [4.69, 9.17) is 0 Å². The first-order chi connectivity index (χ1) is 12.5. The predicted octanol–water partition coefficient (Wildman–Crippen LogP) is 2.96. The van der Waals surface area contributed by atoms with E-state index in [0.717, 1.165) is 31.7 Å². The third-order valence-corrected chi connectivity index (χ3v) is 4.99. The van der Waals surface area contributed by atoms with Crippen LogP contribution in [0.25, 0.3) is 0 Å². The SMILES string of the molecule is Cc1cccc(N2CCN([C@H](C)C(=O)NCc3ccc(F)cc3)CC2)c1. The maximum atomic E-state index is 12.9. The van der Waals surface area contributed by atoms with Crippen molar-refractivity contribution in [3.05, 3.63) is 65.5 Å². The molecule has 1 N–H and O–H groups in total. The van der Waals surface area contributed by atoms with Gasteiger partial charge in [-0.3, -0.25) is 9.69 Å². The van der Waals surface area contributed by atoms with Crippen molar-refractivity contribution >= 4 is 11.6 Å². The monoisotopic (exact) mass is 355 g/mol. The van der Waals surface area contributed by atoms with Gasteiger partial charge in [0.05, 0.1) is 6.04 Å². The van der Waals surface area contributed by atoms with Crippen molar-refractivity contribution < 1.29 is 9.18 Å². The number of hydrogen-bond donors (Lipinski definition) is 1. The first-order valence-electron chi connectivity index (χ1n) is 9.11. The van der Waals surface area contributed by atoms with Crippen LogP contribution in [0.4, 0.5) is 10.1 Å². The number of nitrogens with one attached hydrogen (secondary N) is 1. The summed E-state index contributed by atoms with van der Waals surface area (Å²) in [5, 5.41) is 2.95. The van der Waals surface area contributed by atoms with Crippen LogP contribution in [-0.4, -0.2) is 43.0 Å². The Labute approximate surface area is 154 Å². The summed E-state index contributed by atoms with van der Waals surface area (Å²) in [6.07, 6.45) is 0. The van der Waals surface area contributed by atoms with Crippen LogP contribution < -0.4 is 10.2 Å². The zero-order chi connectivity index (χ0) is 18.5. The molecule has 1 aliphatic rings. The quantitative estimate of drug-likeness (QED) is 0.896. The van der Waals surface area contributed by atoms with E-state index in [0.29, 0.717) is 6.54 Å². The highest BCUT2D eigenvalue weighted by Gasteiger charge is 2.25. The van der Waals surface area contributed by atoms with Crippen LogP contribution in [-0.2, 0) is 11.3 Å². The Morgan fingerprint density at radius 1 is 1.12 bits per heavy atom. The lowest BCUT2D eigenvalue weighted by molar-refractivity contribution is -0.126. The fourth-order valence-corrected chi connectivity index (χ4v) is 3.30. The zero-order valence-electron chi connectivity index (χ0n) is 15.4. The summed E-state index contributed by atoms with van der Waals surface area (Å²) in [5.74, 6) is -0.252. The highest BCUT2D eigenvalue weighted by Crippen LogP contribution is 2.18. The number of benzene rings is 2. The van der Waals surface area contributed by atoms with E-state index in [-0.39, 0.29) is 17.8 Å². The summed E-state index contributed by atoms with van der Waals surface area (Å²) in [5.41, 5.74) is 3.41. The van der Waals surface area contributed by atoms with Crippen LogP contribution in [0.3, 0.4) is 0 Å². The molecule has 138 valence electrons. The average Bonchev–Trinajstić information content (AvgIpc) is 2.67. The molecule has 1 aliphatic heterocycles. The largest absolute Gasteiger partial charge is 0.369 e. The van der Waals surface area contributed by atoms with Crippen LogP contribution in [0.5, 0.6) is 0 Å². The molecular formula is C21H26FN3O. The molecule has 0 saturated carbocycles. The van der Waals surface area contributed by atoms with Crippen molar-refractivity contribution in [2.24, 2.45) is 0 Å². The lowest BCUT2D eigenvalue weighted by Gasteiger charge is -2.38. The second-order valence-electron chi connectivity index (χ2n) is 6.88. The van der Waals surface area contributed by atoms with Gasteiger partial charge in [0.15, 0.2) is 0 Å². The Morgan fingerprint density at radius 2 is 1.81 bits per heavy atom. The van der Waals surface area contributed by atoms with Crippen molar-refractivity contribution in [3.63, 3.8) is 0 Å². The number of piperazine rings is 1. The normalized spacial score (nSPS) is 16.3. The van der Waals surface area contributed by atoms with E-state index in [1.54, 1.807) is 12.1 Å². The van der Waals surface area contributed by atoms with Crippen molar-refractivity contribution in [3.8, 4) is 0 Å². The van der Waals surface area contributed by atoms with Gasteiger partial charge < -0.3 is 10.2 Å². The number of nitrogens with zero attached hydrogens (tertiary/aromatic N) is 2. The second-order valence-corrected chi connectivity index (χ2v) is 6.88. The van der Waals surface area contributed by atoms with E-state index >= 15 is 0 Å². The molecule has 1 amide bonds. The Morgan fingerprint density at radius 3 is 2.46 bits per heavy atom. The number of carbonyl (C=O) groups excluding carboxylic acids is 1. The highest BCUT2D eigenvalue weighted by atomic mass is 19.1. The maximum Gasteiger partial charge on any atom is 0.237 e. The summed E-state index contributed by atoms with van der Waals surface area (Å²) < 4.78 is 12.9. The number of rotatable bonds is 5. The molecule has 0 radical (unpaired) electrons. The fraction of sp³-hybridized carbons (Fsp3) is 0.381. The summed E-state index contributed by atoms with van der Waals surface area (Å²) in [6.45, 7) is 8.03. The third kappa shape index (κ3) is 4.61. The van der Waals surface area contributed by atoms with E-state index in [9.17, 15) is 9.18 Å². The minimum absolute atomic E-state index is 0.0123. The average molecular weight is 355 g/mol. The number of halogens is 1. The lowest BCUT2D eigenvalue weighted by Crippen LogP contribution is -2.53. The molecule has 0 aromatic heterocycles. The topological polar surface area (TPSA) is 35.6 Å². The van der Waals surface area contributed by atoms with Crippen molar-refractivity contribution in [2.45, 2.75) is 26.4 Å². The maximum absolute atomic E-state index is 12.9. The zero-order valence-corrected chi connectivity index (χ0v) is 15.4. The summed E-state index contributed by atoms with van der Waals surface area (Å²) >= 11 is 0. The molecule has 1 atom stereocenters. The van der Waals surface area contributed by atoms with E-state index in [2.05, 4.69) is 46.3 Å². The van der Waals surface area contributed by atoms with E-state index < -0.39 is 0 Å². The molecule has 4 nitrogen and oxygen atoms in total. The smallest absolute Gasteiger partial charge is 0.237 e. The molecule has 0 bridgehead atoms. The molecule has 1 fully saturated rings. The van der Waals surface area contributed by atoms with Gasteiger partial charge in [-0.2, -0.15) is 0 Å². The number of amides is 1. The van der Waals surface area contributed by atoms with Gasteiger partial charge in [-0.1, -0.05) is 24.3 Å². The van der Waals surface area contributed by atoms with Gasteiger partial charge in [0.25, 0.3) is 0 Å². The Kier molecular flexibility index (Phi) is 5.89. The Balaban J connectivity index is 1.48. The Bertz CT molecular complexity index is 739. The van der Waals surface area contributed by atoms with Gasteiger partial charge in [-0.25, -0.2) is 4.39 Å². The number of hydrogen-bond acceptors (Lipinski definition) is 3. The van der Waals surface area contributed by atoms with Crippen LogP contribution >= 0.6 is 0 Å². The molecule has 5 heteroatoms. The van der Waals surface area contributed by atoms with Gasteiger partial charge >= 0.3 is 0 Å². The molecule has 2 aromatic carbocycles. The van der Waals surface area contributed by atoms with Gasteiger partial charge in [0.1, 0.15) is 5.82 Å². The molecular weight excluding hydrogens is 329 g/mol. The molecule has 26 heavy (non-hydrogen) atoms. The minimum Gasteiger partial charge on any atom is -0.369 e. The summed E-state index contributed by atoms with van der Waals surface area (Å²) in [6, 6.07) is 14.6. The first-order valence-corrected chi connectivity index (χ1v) is 9.11. The molecule has 3 rings (SSSR count). The minimum atomic E-state index is -0.264. The molecule has 0 spiro atoms. The van der Waals surface area contributed by atoms with Crippen LogP contribution in [0.15, 0.2) is 48.5 Å². The number of carbonyl (C=O) groups is 1. The van der Waals surface area contributed by atoms with Crippen molar-refractivity contribution in [1.82, 2.24) is 10.2 Å². The molecule has 2 aromatic rings. The fourth-order valence-electron chi connectivity index (χ4n) is 3.30. The number of aryl methyl sites for hydroxylation is 1. The van der Waals surface area contributed by atoms with Gasteiger partial charge in [0, 0.05) is 38.4 Å². The highest BCUT2D eigenvalue weighted by molar-refractivity contribution is 5.81. The number of anilines is 1. The standard InChI is InChI=1S/C21H26FN3O/c1-16-4-3-5-20(14-16)25-12-10-24(11-13-25)17(2)21(26)23-15-18-6-8-19(22)9-7-18/h3-9,14,17H,10-13,15H2,1-2H3,(H,23,26)/t17-/m1/s1. The van der Waals surface area contributed by atoms with Gasteiger partial charge in [-0.15, -0.1) is 0 Å². The molecule has 1 saturated heterocycles.